The number of ether oxygens (including phenoxy) is 1. The van der Waals surface area contributed by atoms with Gasteiger partial charge in [0.25, 0.3) is 0 Å². The largest absolute Gasteiger partial charge is 0.468 e. The molecular weight excluding hydrogens is 164 g/mol. The maximum absolute atomic E-state index is 10.9. The molecule has 0 aliphatic carbocycles. The minimum atomic E-state index is -0.258. The van der Waals surface area contributed by atoms with E-state index in [1.165, 1.54) is 7.11 Å². The fourth-order valence-corrected chi connectivity index (χ4v) is 1.04. The van der Waals surface area contributed by atoms with Crippen LogP contribution >= 0.6 is 12.2 Å². The number of rotatable bonds is 1. The summed E-state index contributed by atoms with van der Waals surface area (Å²) >= 11 is 4.86. The first-order chi connectivity index (χ1) is 5.24. The van der Waals surface area contributed by atoms with Crippen LogP contribution in [0.3, 0.4) is 0 Å². The number of hydrogen-bond acceptors (Lipinski definition) is 4. The topological polar surface area (TPSA) is 50.4 Å². The second-order valence-electron chi connectivity index (χ2n) is 2.26. The van der Waals surface area contributed by atoms with Crippen molar-refractivity contribution in [3.63, 3.8) is 0 Å². The molecule has 0 aromatic heterocycles. The molecule has 1 aliphatic heterocycles. The van der Waals surface area contributed by atoms with Crippen LogP contribution in [0.1, 0.15) is 0 Å². The summed E-state index contributed by atoms with van der Waals surface area (Å²) in [7, 11) is 1.37. The zero-order valence-electron chi connectivity index (χ0n) is 6.22. The molecule has 0 spiro atoms. The van der Waals surface area contributed by atoms with Crippen LogP contribution in [0, 0.1) is 0 Å². The van der Waals surface area contributed by atoms with Crippen LogP contribution in [0.5, 0.6) is 0 Å². The first kappa shape index (κ1) is 8.42. The second kappa shape index (κ2) is 3.64. The van der Waals surface area contributed by atoms with E-state index >= 15 is 0 Å². The highest BCUT2D eigenvalue weighted by molar-refractivity contribution is 7.80. The standard InChI is InChI=1S/C6H10N2O2S/c1-10-6(9)4-2-8-5(11)3-7-4/h4,7H,2-3H2,1H3,(H,8,11). The van der Waals surface area contributed by atoms with Crippen molar-refractivity contribution < 1.29 is 9.53 Å². The summed E-state index contributed by atoms with van der Waals surface area (Å²) in [6.45, 7) is 1.07. The smallest absolute Gasteiger partial charge is 0.324 e. The first-order valence-corrected chi connectivity index (χ1v) is 3.73. The van der Waals surface area contributed by atoms with Crippen molar-refractivity contribution in [1.82, 2.24) is 10.6 Å². The number of carbonyl (C=O) groups is 1. The van der Waals surface area contributed by atoms with Gasteiger partial charge in [-0.3, -0.25) is 10.1 Å². The van der Waals surface area contributed by atoms with E-state index in [4.69, 9.17) is 12.2 Å². The van der Waals surface area contributed by atoms with Crippen molar-refractivity contribution in [2.24, 2.45) is 0 Å². The van der Waals surface area contributed by atoms with Gasteiger partial charge < -0.3 is 10.1 Å². The highest BCUT2D eigenvalue weighted by Crippen LogP contribution is 1.91. The van der Waals surface area contributed by atoms with Gasteiger partial charge in [0, 0.05) is 13.1 Å². The molecule has 1 atom stereocenters. The monoisotopic (exact) mass is 174 g/mol. The van der Waals surface area contributed by atoms with Gasteiger partial charge in [0.05, 0.1) is 12.1 Å². The Kier molecular flexibility index (Phi) is 2.78. The number of piperazine rings is 1. The third-order valence-corrected chi connectivity index (χ3v) is 1.79. The van der Waals surface area contributed by atoms with Crippen LogP contribution in [0.2, 0.25) is 0 Å². The Morgan fingerprint density at radius 2 is 2.55 bits per heavy atom. The molecular formula is C6H10N2O2S. The van der Waals surface area contributed by atoms with Crippen molar-refractivity contribution >= 4 is 23.2 Å². The predicted molar refractivity (Wildman–Crippen MR) is 44.4 cm³/mol. The van der Waals surface area contributed by atoms with Crippen molar-refractivity contribution in [3.05, 3.63) is 0 Å². The molecule has 1 heterocycles. The number of hydrogen-bond donors (Lipinski definition) is 2. The highest BCUT2D eigenvalue weighted by atomic mass is 32.1. The van der Waals surface area contributed by atoms with Gasteiger partial charge >= 0.3 is 5.97 Å². The van der Waals surface area contributed by atoms with E-state index < -0.39 is 0 Å². The SMILES string of the molecule is COC(=O)C1CNC(=S)CN1. The molecule has 4 nitrogen and oxygen atoms in total. The van der Waals surface area contributed by atoms with E-state index in [1.807, 2.05) is 0 Å². The van der Waals surface area contributed by atoms with Crippen LogP contribution in [0.4, 0.5) is 0 Å². The maximum Gasteiger partial charge on any atom is 0.324 e. The normalized spacial score (nSPS) is 24.1. The van der Waals surface area contributed by atoms with E-state index in [0.29, 0.717) is 13.1 Å². The predicted octanol–water partition coefficient (Wildman–Crippen LogP) is -0.952. The van der Waals surface area contributed by atoms with Gasteiger partial charge in [-0.05, 0) is 0 Å². The second-order valence-corrected chi connectivity index (χ2v) is 2.75. The summed E-state index contributed by atoms with van der Waals surface area (Å²) in [5.41, 5.74) is 0. The summed E-state index contributed by atoms with van der Waals surface area (Å²) in [4.78, 5) is 11.6. The molecule has 1 aliphatic rings. The fourth-order valence-electron chi connectivity index (χ4n) is 0.875. The zero-order chi connectivity index (χ0) is 8.27. The lowest BCUT2D eigenvalue weighted by Gasteiger charge is -2.23. The van der Waals surface area contributed by atoms with Gasteiger partial charge in [0.15, 0.2) is 0 Å². The van der Waals surface area contributed by atoms with E-state index in [-0.39, 0.29) is 12.0 Å². The van der Waals surface area contributed by atoms with E-state index in [9.17, 15) is 4.79 Å². The lowest BCUT2D eigenvalue weighted by Crippen LogP contribution is -2.54. The Balaban J connectivity index is 2.39. The molecule has 0 aromatic rings. The summed E-state index contributed by atoms with van der Waals surface area (Å²) in [5, 5.41) is 5.86. The van der Waals surface area contributed by atoms with E-state index in [2.05, 4.69) is 15.4 Å². The third-order valence-electron chi connectivity index (χ3n) is 1.50. The maximum atomic E-state index is 10.9. The molecule has 1 fully saturated rings. The molecule has 11 heavy (non-hydrogen) atoms. The first-order valence-electron chi connectivity index (χ1n) is 3.32. The van der Waals surface area contributed by atoms with Crippen LogP contribution in [-0.4, -0.2) is 37.2 Å². The van der Waals surface area contributed by atoms with Gasteiger partial charge in [0.1, 0.15) is 6.04 Å². The molecule has 0 bridgehead atoms. The molecule has 1 rings (SSSR count). The van der Waals surface area contributed by atoms with Crippen LogP contribution in [-0.2, 0) is 9.53 Å². The number of esters is 1. The summed E-state index contributed by atoms with van der Waals surface area (Å²) in [5.74, 6) is -0.250. The molecule has 1 saturated heterocycles. The van der Waals surface area contributed by atoms with Crippen molar-refractivity contribution in [1.29, 1.82) is 0 Å². The van der Waals surface area contributed by atoms with Gasteiger partial charge in [-0.1, -0.05) is 12.2 Å². The van der Waals surface area contributed by atoms with Gasteiger partial charge in [-0.25, -0.2) is 0 Å². The van der Waals surface area contributed by atoms with E-state index in [1.54, 1.807) is 0 Å². The number of methoxy groups -OCH3 is 1. The number of nitrogens with one attached hydrogen (secondary N) is 2. The quantitative estimate of drug-likeness (QED) is 0.396. The molecule has 0 amide bonds. The van der Waals surface area contributed by atoms with Crippen molar-refractivity contribution in [3.8, 4) is 0 Å². The Labute approximate surface area is 70.3 Å². The number of carbonyl (C=O) groups excluding carboxylic acids is 1. The van der Waals surface area contributed by atoms with Crippen molar-refractivity contribution in [2.45, 2.75) is 6.04 Å². The van der Waals surface area contributed by atoms with Gasteiger partial charge in [0.2, 0.25) is 0 Å². The average molecular weight is 174 g/mol. The zero-order valence-corrected chi connectivity index (χ0v) is 7.03. The molecule has 0 radical (unpaired) electrons. The molecule has 0 saturated carbocycles. The Bertz CT molecular complexity index is 173. The van der Waals surface area contributed by atoms with Crippen LogP contribution in [0.15, 0.2) is 0 Å². The molecule has 62 valence electrons. The third kappa shape index (κ3) is 2.13. The van der Waals surface area contributed by atoms with Gasteiger partial charge in [-0.15, -0.1) is 0 Å². The molecule has 5 heteroatoms. The lowest BCUT2D eigenvalue weighted by molar-refractivity contribution is -0.142. The highest BCUT2D eigenvalue weighted by Gasteiger charge is 2.22. The molecule has 2 N–H and O–H groups in total. The Hall–Kier alpha value is -0.680. The van der Waals surface area contributed by atoms with Crippen LogP contribution in [0.25, 0.3) is 0 Å². The Morgan fingerprint density at radius 1 is 1.82 bits per heavy atom. The number of thiocarbonyl (C=S) groups is 1. The van der Waals surface area contributed by atoms with E-state index in [0.717, 1.165) is 4.99 Å². The van der Waals surface area contributed by atoms with Gasteiger partial charge in [-0.2, -0.15) is 0 Å². The van der Waals surface area contributed by atoms with Crippen molar-refractivity contribution in [2.75, 3.05) is 20.2 Å². The Morgan fingerprint density at radius 3 is 3.00 bits per heavy atom. The summed E-state index contributed by atoms with van der Waals surface area (Å²) in [6.07, 6.45) is 0. The molecule has 1 unspecified atom stereocenters. The fraction of sp³-hybridized carbons (Fsp3) is 0.667. The summed E-state index contributed by atoms with van der Waals surface area (Å²) < 4.78 is 4.54. The average Bonchev–Trinajstić information content (AvgIpc) is 2.05. The molecule has 0 aromatic carbocycles. The minimum Gasteiger partial charge on any atom is -0.468 e. The minimum absolute atomic E-state index is 0.250. The van der Waals surface area contributed by atoms with Crippen LogP contribution < -0.4 is 10.6 Å². The lowest BCUT2D eigenvalue weighted by atomic mass is 10.2. The summed E-state index contributed by atoms with van der Waals surface area (Å²) in [6, 6.07) is -0.258.